The second-order valence-corrected chi connectivity index (χ2v) is 9.11. The number of hydrogen-bond acceptors (Lipinski definition) is 5. The van der Waals surface area contributed by atoms with Gasteiger partial charge in [0.05, 0.1) is 14.2 Å². The molecule has 0 saturated carbocycles. The highest BCUT2D eigenvalue weighted by Crippen LogP contribution is 2.34. The molecule has 0 atom stereocenters. The fourth-order valence-electron chi connectivity index (χ4n) is 3.77. The van der Waals surface area contributed by atoms with E-state index in [2.05, 4.69) is 59.8 Å². The lowest BCUT2D eigenvalue weighted by atomic mass is 9.97. The molecule has 6 heteroatoms. The van der Waals surface area contributed by atoms with Gasteiger partial charge in [0.25, 0.3) is 0 Å². The molecule has 3 aromatic carbocycles. The predicted octanol–water partition coefficient (Wildman–Crippen LogP) is 6.68. The van der Waals surface area contributed by atoms with E-state index in [1.165, 1.54) is 16.7 Å². The number of hydrogen-bond donors (Lipinski definition) is 0. The summed E-state index contributed by atoms with van der Waals surface area (Å²) in [5.41, 5.74) is 5.73. The van der Waals surface area contributed by atoms with Crippen molar-refractivity contribution in [2.75, 3.05) is 14.2 Å². The van der Waals surface area contributed by atoms with Gasteiger partial charge in [-0.1, -0.05) is 49.9 Å². The highest BCUT2D eigenvalue weighted by molar-refractivity contribution is 7.98. The summed E-state index contributed by atoms with van der Waals surface area (Å²) in [5.74, 6) is 3.75. The van der Waals surface area contributed by atoms with Crippen molar-refractivity contribution in [2.24, 2.45) is 0 Å². The van der Waals surface area contributed by atoms with Crippen molar-refractivity contribution in [3.05, 3.63) is 83.4 Å². The van der Waals surface area contributed by atoms with Crippen LogP contribution < -0.4 is 9.47 Å². The summed E-state index contributed by atoms with van der Waals surface area (Å²) in [6.45, 7) is 6.52. The number of benzene rings is 3. The molecule has 1 aromatic heterocycles. The number of aryl methyl sites for hydroxylation is 1. The molecule has 33 heavy (non-hydrogen) atoms. The van der Waals surface area contributed by atoms with E-state index in [1.807, 2.05) is 42.5 Å². The van der Waals surface area contributed by atoms with Crippen LogP contribution in [0.4, 0.5) is 0 Å². The fourth-order valence-corrected chi connectivity index (χ4v) is 4.79. The smallest absolute Gasteiger partial charge is 0.196 e. The number of nitrogens with zero attached hydrogens (tertiary/aromatic N) is 3. The molecule has 0 bridgehead atoms. The Morgan fingerprint density at radius 2 is 1.64 bits per heavy atom. The first-order valence-corrected chi connectivity index (χ1v) is 12.0. The number of ether oxygens (including phenoxy) is 2. The first-order chi connectivity index (χ1) is 16.0. The molecular weight excluding hydrogens is 430 g/mol. The maximum Gasteiger partial charge on any atom is 0.196 e. The zero-order valence-corrected chi connectivity index (χ0v) is 20.5. The van der Waals surface area contributed by atoms with Gasteiger partial charge in [-0.2, -0.15) is 0 Å². The van der Waals surface area contributed by atoms with Crippen LogP contribution in [0.3, 0.4) is 0 Å². The van der Waals surface area contributed by atoms with Crippen molar-refractivity contribution in [2.45, 2.75) is 37.6 Å². The van der Waals surface area contributed by atoms with E-state index in [4.69, 9.17) is 9.47 Å². The Bertz CT molecular complexity index is 1220. The molecule has 170 valence electrons. The molecule has 0 aliphatic heterocycles. The summed E-state index contributed by atoms with van der Waals surface area (Å²) in [5, 5.41) is 9.98. The number of rotatable bonds is 8. The summed E-state index contributed by atoms with van der Waals surface area (Å²) in [6, 6.07) is 22.6. The minimum atomic E-state index is 0.388. The lowest BCUT2D eigenvalue weighted by Crippen LogP contribution is -2.01. The van der Waals surface area contributed by atoms with E-state index in [-0.39, 0.29) is 0 Å². The molecule has 0 unspecified atom stereocenters. The lowest BCUT2D eigenvalue weighted by molar-refractivity contribution is 0.407. The Morgan fingerprint density at radius 3 is 2.27 bits per heavy atom. The molecule has 0 N–H and O–H groups in total. The van der Waals surface area contributed by atoms with E-state index < -0.39 is 0 Å². The Morgan fingerprint density at radius 1 is 0.909 bits per heavy atom. The normalized spacial score (nSPS) is 11.1. The van der Waals surface area contributed by atoms with Gasteiger partial charge >= 0.3 is 0 Å². The van der Waals surface area contributed by atoms with Crippen LogP contribution in [0.1, 0.15) is 36.5 Å². The van der Waals surface area contributed by atoms with Crippen molar-refractivity contribution in [1.82, 2.24) is 14.8 Å². The monoisotopic (exact) mass is 459 g/mol. The Hall–Kier alpha value is -3.25. The predicted molar refractivity (Wildman–Crippen MR) is 135 cm³/mol. The van der Waals surface area contributed by atoms with E-state index in [0.717, 1.165) is 39.5 Å². The van der Waals surface area contributed by atoms with Gasteiger partial charge in [0.2, 0.25) is 0 Å². The SMILES string of the molecule is COc1ccc(-c2nnc(SCc3cc(C(C)C)c(OC)cc3C)n2-c2ccccc2)cc1. The fraction of sp³-hybridized carbons (Fsp3) is 0.259. The average Bonchev–Trinajstić information content (AvgIpc) is 3.27. The summed E-state index contributed by atoms with van der Waals surface area (Å²) in [7, 11) is 3.40. The van der Waals surface area contributed by atoms with E-state index in [9.17, 15) is 0 Å². The zero-order valence-electron chi connectivity index (χ0n) is 19.7. The molecule has 5 nitrogen and oxygen atoms in total. The van der Waals surface area contributed by atoms with Crippen molar-refractivity contribution < 1.29 is 9.47 Å². The van der Waals surface area contributed by atoms with Gasteiger partial charge in [0, 0.05) is 17.0 Å². The van der Waals surface area contributed by atoms with Crippen molar-refractivity contribution in [3.8, 4) is 28.6 Å². The molecule has 0 aliphatic carbocycles. The summed E-state index contributed by atoms with van der Waals surface area (Å²) >= 11 is 1.69. The number of methoxy groups -OCH3 is 2. The molecule has 4 rings (SSSR count). The van der Waals surface area contributed by atoms with Gasteiger partial charge < -0.3 is 9.47 Å². The Balaban J connectivity index is 1.70. The van der Waals surface area contributed by atoms with Crippen LogP contribution in [-0.2, 0) is 5.75 Å². The zero-order chi connectivity index (χ0) is 23.4. The van der Waals surface area contributed by atoms with Gasteiger partial charge in [-0.25, -0.2) is 0 Å². The van der Waals surface area contributed by atoms with Gasteiger partial charge in [-0.05, 0) is 72.0 Å². The Labute approximate surface area is 199 Å². The molecule has 1 heterocycles. The molecule has 0 radical (unpaired) electrons. The third-order valence-corrected chi connectivity index (χ3v) is 6.64. The highest BCUT2D eigenvalue weighted by atomic mass is 32.2. The summed E-state index contributed by atoms with van der Waals surface area (Å²) in [4.78, 5) is 0. The number of para-hydroxylation sites is 1. The van der Waals surface area contributed by atoms with E-state index in [1.54, 1.807) is 26.0 Å². The molecular formula is C27H29N3O2S. The quantitative estimate of drug-likeness (QED) is 0.275. The van der Waals surface area contributed by atoms with Crippen LogP contribution in [-0.4, -0.2) is 29.0 Å². The topological polar surface area (TPSA) is 49.2 Å². The highest BCUT2D eigenvalue weighted by Gasteiger charge is 2.18. The van der Waals surface area contributed by atoms with E-state index >= 15 is 0 Å². The van der Waals surface area contributed by atoms with Crippen LogP contribution in [0.5, 0.6) is 11.5 Å². The van der Waals surface area contributed by atoms with E-state index in [0.29, 0.717) is 5.92 Å². The minimum Gasteiger partial charge on any atom is -0.497 e. The second-order valence-electron chi connectivity index (χ2n) is 8.17. The second kappa shape index (κ2) is 10.1. The standard InChI is InChI=1S/C27H29N3O2S/c1-18(2)24-16-21(19(3)15-25(24)32-5)17-33-27-29-28-26(20-11-13-23(31-4)14-12-20)30(27)22-9-7-6-8-10-22/h6-16,18H,17H2,1-5H3. The molecule has 4 aromatic rings. The maximum absolute atomic E-state index is 5.61. The third kappa shape index (κ3) is 4.91. The van der Waals surface area contributed by atoms with Crippen molar-refractivity contribution in [3.63, 3.8) is 0 Å². The van der Waals surface area contributed by atoms with Crippen LogP contribution in [0.25, 0.3) is 17.1 Å². The van der Waals surface area contributed by atoms with Crippen molar-refractivity contribution >= 4 is 11.8 Å². The number of thioether (sulfide) groups is 1. The van der Waals surface area contributed by atoms with Gasteiger partial charge in [-0.15, -0.1) is 10.2 Å². The lowest BCUT2D eigenvalue weighted by Gasteiger charge is -2.16. The largest absolute Gasteiger partial charge is 0.497 e. The van der Waals surface area contributed by atoms with Crippen LogP contribution in [0, 0.1) is 6.92 Å². The van der Waals surface area contributed by atoms with Crippen LogP contribution >= 0.6 is 11.8 Å². The Kier molecular flexibility index (Phi) is 7.04. The van der Waals surface area contributed by atoms with Gasteiger partial charge in [0.1, 0.15) is 11.5 Å². The molecule has 0 aliphatic rings. The summed E-state index contributed by atoms with van der Waals surface area (Å²) < 4.78 is 13.0. The number of aromatic nitrogens is 3. The molecule has 0 fully saturated rings. The summed E-state index contributed by atoms with van der Waals surface area (Å²) in [6.07, 6.45) is 0. The maximum atomic E-state index is 5.61. The minimum absolute atomic E-state index is 0.388. The first kappa shape index (κ1) is 22.9. The molecule has 0 spiro atoms. The molecule has 0 saturated heterocycles. The van der Waals surface area contributed by atoms with Crippen LogP contribution in [0.15, 0.2) is 71.9 Å². The third-order valence-electron chi connectivity index (χ3n) is 5.66. The van der Waals surface area contributed by atoms with Crippen LogP contribution in [0.2, 0.25) is 0 Å². The average molecular weight is 460 g/mol. The van der Waals surface area contributed by atoms with Gasteiger partial charge in [0.15, 0.2) is 11.0 Å². The first-order valence-electron chi connectivity index (χ1n) is 11.0. The molecule has 0 amide bonds. The van der Waals surface area contributed by atoms with Crippen molar-refractivity contribution in [1.29, 1.82) is 0 Å². The van der Waals surface area contributed by atoms with Gasteiger partial charge in [-0.3, -0.25) is 4.57 Å².